The van der Waals surface area contributed by atoms with E-state index < -0.39 is 0 Å². The van der Waals surface area contributed by atoms with Gasteiger partial charge < -0.3 is 0 Å². The first-order valence-corrected chi connectivity index (χ1v) is 2.65. The van der Waals surface area contributed by atoms with E-state index in [4.69, 9.17) is 0 Å². The van der Waals surface area contributed by atoms with Crippen molar-refractivity contribution in [3.8, 4) is 0 Å². The smallest absolute Gasteiger partial charge is 0 e. The first-order chi connectivity index (χ1) is 3.00. The SMILES string of the molecule is C1=CCCCC1.[Ru].[Zn]. The Labute approximate surface area is 76.6 Å². The van der Waals surface area contributed by atoms with Gasteiger partial charge in [0.15, 0.2) is 0 Å². The molecule has 0 nitrogen and oxygen atoms in total. The molecule has 2 heteroatoms. The Morgan fingerprint density at radius 3 is 1.38 bits per heavy atom. The van der Waals surface area contributed by atoms with Crippen molar-refractivity contribution in [2.24, 2.45) is 0 Å². The quantitative estimate of drug-likeness (QED) is 0.455. The van der Waals surface area contributed by atoms with E-state index in [-0.39, 0.29) is 39.0 Å². The van der Waals surface area contributed by atoms with E-state index in [1.54, 1.807) is 0 Å². The zero-order chi connectivity index (χ0) is 4.24. The van der Waals surface area contributed by atoms with Crippen molar-refractivity contribution in [3.63, 3.8) is 0 Å². The third kappa shape index (κ3) is 5.13. The minimum Gasteiger partial charge on any atom is -0.0885 e. The molecular weight excluding hydrogens is 239 g/mol. The fourth-order valence-electron chi connectivity index (χ4n) is 0.760. The Hall–Kier alpha value is 0.987. The van der Waals surface area contributed by atoms with Crippen molar-refractivity contribution in [3.05, 3.63) is 12.2 Å². The van der Waals surface area contributed by atoms with Crippen LogP contribution in [0.25, 0.3) is 0 Å². The van der Waals surface area contributed by atoms with Crippen molar-refractivity contribution in [2.75, 3.05) is 0 Å². The second-order valence-corrected chi connectivity index (χ2v) is 1.76. The molecule has 1 aliphatic carbocycles. The van der Waals surface area contributed by atoms with Gasteiger partial charge in [-0.05, 0) is 25.7 Å². The van der Waals surface area contributed by atoms with E-state index in [1.807, 2.05) is 0 Å². The van der Waals surface area contributed by atoms with Crippen LogP contribution in [0.4, 0.5) is 0 Å². The zero-order valence-corrected chi connectivity index (χ0v) is 9.75. The molecule has 0 saturated carbocycles. The second kappa shape index (κ2) is 7.99. The van der Waals surface area contributed by atoms with Gasteiger partial charge >= 0.3 is 0 Å². The van der Waals surface area contributed by atoms with Gasteiger partial charge in [0, 0.05) is 39.0 Å². The summed E-state index contributed by atoms with van der Waals surface area (Å²) in [5.74, 6) is 0. The standard InChI is InChI=1S/C6H10.Ru.Zn/c1-2-4-6-5-3-1;;/h1-2H,3-6H2;;. The summed E-state index contributed by atoms with van der Waals surface area (Å²) < 4.78 is 0. The molecule has 8 heavy (non-hydrogen) atoms. The van der Waals surface area contributed by atoms with Crippen LogP contribution in [0, 0.1) is 0 Å². The van der Waals surface area contributed by atoms with Crippen LogP contribution in [0.2, 0.25) is 0 Å². The van der Waals surface area contributed by atoms with Gasteiger partial charge in [0.1, 0.15) is 0 Å². The molecule has 0 aromatic heterocycles. The fourth-order valence-corrected chi connectivity index (χ4v) is 0.760. The maximum Gasteiger partial charge on any atom is 0 e. The van der Waals surface area contributed by atoms with Crippen molar-refractivity contribution in [2.45, 2.75) is 25.7 Å². The summed E-state index contributed by atoms with van der Waals surface area (Å²) in [6.45, 7) is 0. The van der Waals surface area contributed by atoms with E-state index in [0.29, 0.717) is 0 Å². The molecule has 0 atom stereocenters. The molecule has 0 amide bonds. The zero-order valence-electron chi connectivity index (χ0n) is 5.04. The van der Waals surface area contributed by atoms with Gasteiger partial charge in [-0.15, -0.1) is 0 Å². The predicted molar refractivity (Wildman–Crippen MR) is 27.6 cm³/mol. The second-order valence-electron chi connectivity index (χ2n) is 1.76. The molecule has 0 heterocycles. The largest absolute Gasteiger partial charge is 0.0885 e. The van der Waals surface area contributed by atoms with Gasteiger partial charge in [0.05, 0.1) is 0 Å². The maximum absolute atomic E-state index is 2.27. The van der Waals surface area contributed by atoms with Gasteiger partial charge in [0.2, 0.25) is 0 Å². The molecule has 44 valence electrons. The monoisotopic (exact) mass is 248 g/mol. The van der Waals surface area contributed by atoms with Gasteiger partial charge in [-0.3, -0.25) is 0 Å². The minimum absolute atomic E-state index is 0. The molecule has 0 N–H and O–H groups in total. The van der Waals surface area contributed by atoms with Crippen LogP contribution in [0.15, 0.2) is 12.2 Å². The van der Waals surface area contributed by atoms with Gasteiger partial charge in [-0.1, -0.05) is 12.2 Å². The van der Waals surface area contributed by atoms with Crippen LogP contribution in [0.5, 0.6) is 0 Å². The summed E-state index contributed by atoms with van der Waals surface area (Å²) in [5.41, 5.74) is 0. The molecule has 0 unspecified atom stereocenters. The molecule has 0 spiro atoms. The van der Waals surface area contributed by atoms with Crippen molar-refractivity contribution < 1.29 is 39.0 Å². The van der Waals surface area contributed by atoms with Crippen LogP contribution >= 0.6 is 0 Å². The molecule has 0 aromatic carbocycles. The normalized spacial score (nSPS) is 16.0. The van der Waals surface area contributed by atoms with Crippen molar-refractivity contribution in [1.29, 1.82) is 0 Å². The molecule has 0 aromatic rings. The Morgan fingerprint density at radius 1 is 0.875 bits per heavy atom. The van der Waals surface area contributed by atoms with Crippen LogP contribution in [0.3, 0.4) is 0 Å². The molecule has 0 bridgehead atoms. The van der Waals surface area contributed by atoms with Crippen molar-refractivity contribution >= 4 is 0 Å². The average Bonchev–Trinajstić information content (AvgIpc) is 1.72. The number of hydrogen-bond donors (Lipinski definition) is 0. The number of hydrogen-bond acceptors (Lipinski definition) is 0. The molecule has 1 rings (SSSR count). The Morgan fingerprint density at radius 2 is 1.25 bits per heavy atom. The van der Waals surface area contributed by atoms with E-state index >= 15 is 0 Å². The summed E-state index contributed by atoms with van der Waals surface area (Å²) in [5, 5.41) is 0. The summed E-state index contributed by atoms with van der Waals surface area (Å²) in [4.78, 5) is 0. The van der Waals surface area contributed by atoms with E-state index in [2.05, 4.69) is 12.2 Å². The summed E-state index contributed by atoms with van der Waals surface area (Å²) in [7, 11) is 0. The van der Waals surface area contributed by atoms with Gasteiger partial charge in [-0.25, -0.2) is 0 Å². The fraction of sp³-hybridized carbons (Fsp3) is 0.667. The first kappa shape index (κ1) is 11.7. The van der Waals surface area contributed by atoms with Crippen LogP contribution in [-0.4, -0.2) is 0 Å². The molecule has 0 saturated heterocycles. The summed E-state index contributed by atoms with van der Waals surface area (Å²) in [6, 6.07) is 0. The van der Waals surface area contributed by atoms with E-state index in [0.717, 1.165) is 0 Å². The Bertz CT molecular complexity index is 53.5. The average molecular weight is 249 g/mol. The van der Waals surface area contributed by atoms with E-state index in [9.17, 15) is 0 Å². The molecular formula is C6H10RuZn. The predicted octanol–water partition coefficient (Wildman–Crippen LogP) is 2.11. The van der Waals surface area contributed by atoms with Gasteiger partial charge in [-0.2, -0.15) is 0 Å². The number of rotatable bonds is 0. The Kier molecular flexibility index (Phi) is 11.7. The van der Waals surface area contributed by atoms with E-state index in [1.165, 1.54) is 25.7 Å². The first-order valence-electron chi connectivity index (χ1n) is 2.65. The van der Waals surface area contributed by atoms with Gasteiger partial charge in [0.25, 0.3) is 0 Å². The third-order valence-corrected chi connectivity index (χ3v) is 1.16. The summed E-state index contributed by atoms with van der Waals surface area (Å²) >= 11 is 0. The Balaban J connectivity index is 0. The molecule has 0 radical (unpaired) electrons. The topological polar surface area (TPSA) is 0 Å². The number of allylic oxidation sites excluding steroid dienone is 2. The van der Waals surface area contributed by atoms with Crippen LogP contribution in [-0.2, 0) is 39.0 Å². The van der Waals surface area contributed by atoms with Crippen LogP contribution in [0.1, 0.15) is 25.7 Å². The third-order valence-electron chi connectivity index (χ3n) is 1.16. The minimum atomic E-state index is 0. The van der Waals surface area contributed by atoms with Crippen molar-refractivity contribution in [1.82, 2.24) is 0 Å². The maximum atomic E-state index is 2.27. The molecule has 1 aliphatic rings. The molecule has 0 fully saturated rings. The molecule has 0 aliphatic heterocycles. The summed E-state index contributed by atoms with van der Waals surface area (Å²) in [6.07, 6.45) is 10.0. The van der Waals surface area contributed by atoms with Crippen LogP contribution < -0.4 is 0 Å².